The van der Waals surface area contributed by atoms with Crippen molar-refractivity contribution < 1.29 is 18.7 Å². The van der Waals surface area contributed by atoms with Crippen molar-refractivity contribution in [2.45, 2.75) is 18.3 Å². The van der Waals surface area contributed by atoms with E-state index >= 15 is 0 Å². The van der Waals surface area contributed by atoms with Crippen molar-refractivity contribution in [3.63, 3.8) is 0 Å². The average Bonchev–Trinajstić information content (AvgIpc) is 3.37. The summed E-state index contributed by atoms with van der Waals surface area (Å²) in [7, 11) is 1.57. The van der Waals surface area contributed by atoms with Gasteiger partial charge >= 0.3 is 6.03 Å². The Bertz CT molecular complexity index is 1270. The Hall–Kier alpha value is -3.52. The van der Waals surface area contributed by atoms with Crippen LogP contribution >= 0.6 is 11.8 Å². The highest BCUT2D eigenvalue weighted by Crippen LogP contribution is 2.55. The number of fused-ring (bicyclic) bond motifs is 2. The van der Waals surface area contributed by atoms with Gasteiger partial charge in [-0.05, 0) is 55.0 Å². The van der Waals surface area contributed by atoms with Crippen LogP contribution in [0.3, 0.4) is 0 Å². The molecule has 3 aromatic carbocycles. The van der Waals surface area contributed by atoms with E-state index in [4.69, 9.17) is 4.74 Å². The zero-order chi connectivity index (χ0) is 23.9. The van der Waals surface area contributed by atoms with Gasteiger partial charge in [-0.2, -0.15) is 0 Å². The number of benzene rings is 3. The van der Waals surface area contributed by atoms with E-state index in [-0.39, 0.29) is 24.3 Å². The van der Waals surface area contributed by atoms with Crippen LogP contribution in [0.15, 0.2) is 66.7 Å². The lowest BCUT2D eigenvalue weighted by Crippen LogP contribution is -2.51. The molecule has 0 aliphatic carbocycles. The number of hydrogen-bond acceptors (Lipinski definition) is 4. The van der Waals surface area contributed by atoms with Crippen molar-refractivity contribution in [1.29, 1.82) is 0 Å². The number of nitrogens with one attached hydrogen (secondary N) is 1. The minimum absolute atomic E-state index is 0.200. The normalized spacial score (nSPS) is 19.0. The number of amides is 3. The molecule has 1 atom stereocenters. The van der Waals surface area contributed by atoms with Gasteiger partial charge in [0.15, 0.2) is 4.87 Å². The molecule has 0 bridgehead atoms. The Morgan fingerprint density at radius 2 is 1.94 bits per heavy atom. The largest absolute Gasteiger partial charge is 0.497 e. The summed E-state index contributed by atoms with van der Waals surface area (Å²) in [6, 6.07) is 18.8. The van der Waals surface area contributed by atoms with E-state index < -0.39 is 4.87 Å². The van der Waals surface area contributed by atoms with Gasteiger partial charge in [-0.3, -0.25) is 9.69 Å². The van der Waals surface area contributed by atoms with Crippen LogP contribution in [0.2, 0.25) is 0 Å². The number of nitrogens with zero attached hydrogens (tertiary/aromatic N) is 2. The van der Waals surface area contributed by atoms with Crippen molar-refractivity contribution >= 4 is 35.1 Å². The van der Waals surface area contributed by atoms with Crippen LogP contribution in [0.4, 0.5) is 20.6 Å². The second-order valence-corrected chi connectivity index (χ2v) is 9.63. The molecule has 1 spiro atoms. The number of carbonyl (C=O) groups is 2. The second-order valence-electron chi connectivity index (χ2n) is 8.34. The first kappa shape index (κ1) is 22.3. The zero-order valence-corrected chi connectivity index (χ0v) is 19.7. The molecule has 8 heteroatoms. The maximum absolute atomic E-state index is 14.0. The summed E-state index contributed by atoms with van der Waals surface area (Å²) in [6.07, 6.45) is 0. The number of methoxy groups -OCH3 is 1. The maximum Gasteiger partial charge on any atom is 0.323 e. The predicted octanol–water partition coefficient (Wildman–Crippen LogP) is 5.12. The number of carbonyl (C=O) groups excluding carboxylic acids is 2. The van der Waals surface area contributed by atoms with Gasteiger partial charge in [0.1, 0.15) is 11.6 Å². The van der Waals surface area contributed by atoms with Crippen LogP contribution < -0.4 is 15.0 Å². The first-order valence-electron chi connectivity index (χ1n) is 11.0. The molecule has 2 aliphatic heterocycles. The summed E-state index contributed by atoms with van der Waals surface area (Å²) in [5, 5.41) is 2.94. The molecule has 1 N–H and O–H groups in total. The third-order valence-electron chi connectivity index (χ3n) is 6.18. The lowest BCUT2D eigenvalue weighted by Gasteiger charge is -2.33. The first-order valence-corrected chi connectivity index (χ1v) is 11.9. The summed E-state index contributed by atoms with van der Waals surface area (Å²) >= 11 is 1.43. The summed E-state index contributed by atoms with van der Waals surface area (Å²) in [5.74, 6) is 0.631. The molecule has 1 fully saturated rings. The lowest BCUT2D eigenvalue weighted by molar-refractivity contribution is -0.123. The second kappa shape index (κ2) is 8.68. The number of halogens is 1. The molecule has 2 aliphatic rings. The van der Waals surface area contributed by atoms with Crippen molar-refractivity contribution in [3.8, 4) is 5.75 Å². The molecule has 0 aromatic heterocycles. The van der Waals surface area contributed by atoms with E-state index in [2.05, 4.69) is 5.32 Å². The molecular formula is C26H24FN3O3S. The molecular weight excluding hydrogens is 453 g/mol. The van der Waals surface area contributed by atoms with E-state index in [1.807, 2.05) is 43.3 Å². The topological polar surface area (TPSA) is 61.9 Å². The zero-order valence-electron chi connectivity index (χ0n) is 18.9. The van der Waals surface area contributed by atoms with Gasteiger partial charge in [-0.25, -0.2) is 9.18 Å². The minimum Gasteiger partial charge on any atom is -0.497 e. The number of aryl methyl sites for hydroxylation is 1. The smallest absolute Gasteiger partial charge is 0.323 e. The van der Waals surface area contributed by atoms with Crippen molar-refractivity contribution in [2.75, 3.05) is 29.6 Å². The minimum atomic E-state index is -1.22. The summed E-state index contributed by atoms with van der Waals surface area (Å²) in [4.78, 5) is 29.5. The number of hydrogen-bond donors (Lipinski definition) is 1. The number of rotatable bonds is 4. The fourth-order valence-corrected chi connectivity index (χ4v) is 5.98. The maximum atomic E-state index is 14.0. The van der Waals surface area contributed by atoms with Gasteiger partial charge in [-0.15, -0.1) is 11.8 Å². The van der Waals surface area contributed by atoms with Crippen LogP contribution in [0, 0.1) is 12.7 Å². The third kappa shape index (κ3) is 3.68. The Labute approximate surface area is 201 Å². The standard InChI is InChI=1S/C26H24FN3O3S/c1-17-6-8-20(9-7-17)28-25(32)30-12-13-34-26(30)22-15-21(33-2)10-11-23(22)29(24(26)31)16-18-4-3-5-19(27)14-18/h3-11,14-15H,12-13,16H2,1-2H3,(H,28,32). The first-order chi connectivity index (χ1) is 16.4. The number of anilines is 2. The van der Waals surface area contributed by atoms with Gasteiger partial charge in [0.05, 0.1) is 19.3 Å². The number of ether oxygens (including phenoxy) is 1. The molecule has 2 heterocycles. The van der Waals surface area contributed by atoms with Crippen LogP contribution in [0.5, 0.6) is 5.75 Å². The Balaban J connectivity index is 1.54. The Morgan fingerprint density at radius 3 is 2.68 bits per heavy atom. The van der Waals surface area contributed by atoms with Gasteiger partial charge in [0.25, 0.3) is 5.91 Å². The lowest BCUT2D eigenvalue weighted by atomic mass is 10.1. The molecule has 3 amide bonds. The van der Waals surface area contributed by atoms with Crippen LogP contribution in [0.25, 0.3) is 0 Å². The summed E-state index contributed by atoms with van der Waals surface area (Å²) < 4.78 is 19.3. The fourth-order valence-electron chi connectivity index (χ4n) is 4.52. The van der Waals surface area contributed by atoms with E-state index in [9.17, 15) is 14.0 Å². The highest BCUT2D eigenvalue weighted by Gasteiger charge is 2.59. The highest BCUT2D eigenvalue weighted by molar-refractivity contribution is 8.01. The van der Waals surface area contributed by atoms with E-state index in [0.29, 0.717) is 40.5 Å². The fraction of sp³-hybridized carbons (Fsp3) is 0.231. The quantitative estimate of drug-likeness (QED) is 0.566. The molecule has 3 aromatic rings. The molecule has 174 valence electrons. The molecule has 5 rings (SSSR count). The van der Waals surface area contributed by atoms with Crippen molar-refractivity contribution in [2.24, 2.45) is 0 Å². The molecule has 34 heavy (non-hydrogen) atoms. The van der Waals surface area contributed by atoms with E-state index in [1.165, 1.54) is 23.9 Å². The van der Waals surface area contributed by atoms with Crippen LogP contribution in [0.1, 0.15) is 16.7 Å². The van der Waals surface area contributed by atoms with Gasteiger partial charge in [0, 0.05) is 23.5 Å². The van der Waals surface area contributed by atoms with Gasteiger partial charge < -0.3 is 15.0 Å². The van der Waals surface area contributed by atoms with Gasteiger partial charge in [0.2, 0.25) is 0 Å². The van der Waals surface area contributed by atoms with Crippen molar-refractivity contribution in [1.82, 2.24) is 4.90 Å². The molecule has 0 saturated carbocycles. The number of thioether (sulfide) groups is 1. The molecule has 1 saturated heterocycles. The summed E-state index contributed by atoms with van der Waals surface area (Å²) in [6.45, 7) is 2.59. The Kier molecular flexibility index (Phi) is 5.69. The number of urea groups is 1. The van der Waals surface area contributed by atoms with E-state index in [0.717, 1.165) is 5.56 Å². The van der Waals surface area contributed by atoms with Gasteiger partial charge in [-0.1, -0.05) is 29.8 Å². The molecule has 0 radical (unpaired) electrons. The highest BCUT2D eigenvalue weighted by atomic mass is 32.2. The SMILES string of the molecule is COc1ccc2c(c1)C1(SCCN1C(=O)Nc1ccc(C)cc1)C(=O)N2Cc1cccc(F)c1. The Morgan fingerprint density at radius 1 is 1.15 bits per heavy atom. The van der Waals surface area contributed by atoms with Crippen LogP contribution in [-0.4, -0.2) is 36.2 Å². The summed E-state index contributed by atoms with van der Waals surface area (Å²) in [5.41, 5.74) is 3.82. The van der Waals surface area contributed by atoms with Crippen molar-refractivity contribution in [3.05, 3.63) is 89.2 Å². The van der Waals surface area contributed by atoms with Crippen LogP contribution in [-0.2, 0) is 16.2 Å². The molecule has 1 unspecified atom stereocenters. The third-order valence-corrected chi connectivity index (χ3v) is 7.60. The van der Waals surface area contributed by atoms with E-state index in [1.54, 1.807) is 35.1 Å². The molecule has 6 nitrogen and oxygen atoms in total. The average molecular weight is 478 g/mol. The predicted molar refractivity (Wildman–Crippen MR) is 132 cm³/mol. The monoisotopic (exact) mass is 477 g/mol.